The lowest BCUT2D eigenvalue weighted by atomic mass is 9.86. The molecule has 1 aliphatic carbocycles. The van der Waals surface area contributed by atoms with Crippen LogP contribution < -0.4 is 4.90 Å². The Balaban J connectivity index is 1.71. The molecule has 1 aromatic carbocycles. The zero-order valence-corrected chi connectivity index (χ0v) is 13.8. The minimum Gasteiger partial charge on any atom is -0.309 e. The molecule has 5 heteroatoms. The Kier molecular flexibility index (Phi) is 3.79. The van der Waals surface area contributed by atoms with Crippen molar-refractivity contribution in [1.82, 2.24) is 10.2 Å². The zero-order valence-electron chi connectivity index (χ0n) is 13.8. The lowest BCUT2D eigenvalue weighted by molar-refractivity contribution is -0.122. The Labute approximate surface area is 140 Å². The van der Waals surface area contributed by atoms with Gasteiger partial charge >= 0.3 is 0 Å². The number of halogens is 1. The Morgan fingerprint density at radius 1 is 1.21 bits per heavy atom. The van der Waals surface area contributed by atoms with E-state index in [0.29, 0.717) is 18.7 Å². The largest absolute Gasteiger partial charge is 0.309 e. The average Bonchev–Trinajstić information content (AvgIpc) is 2.61. The monoisotopic (exact) mass is 325 g/mol. The fourth-order valence-corrected chi connectivity index (χ4v) is 3.67. The quantitative estimate of drug-likeness (QED) is 0.813. The van der Waals surface area contributed by atoms with Crippen LogP contribution in [-0.2, 0) is 17.6 Å². The molecular weight excluding hydrogens is 305 g/mol. The Morgan fingerprint density at radius 2 is 2.04 bits per heavy atom. The third-order valence-corrected chi connectivity index (χ3v) is 5.22. The van der Waals surface area contributed by atoms with Crippen molar-refractivity contribution in [3.63, 3.8) is 0 Å². The summed E-state index contributed by atoms with van der Waals surface area (Å²) in [6, 6.07) is 5.04. The van der Waals surface area contributed by atoms with E-state index in [-0.39, 0.29) is 17.6 Å². The first-order valence-corrected chi connectivity index (χ1v) is 8.58. The van der Waals surface area contributed by atoms with Crippen molar-refractivity contribution in [3.8, 4) is 0 Å². The number of aromatic nitrogens is 2. The molecule has 124 valence electrons. The van der Waals surface area contributed by atoms with Crippen LogP contribution in [0.1, 0.15) is 54.5 Å². The molecule has 0 bridgehead atoms. The Morgan fingerprint density at radius 3 is 2.79 bits per heavy atom. The van der Waals surface area contributed by atoms with Crippen molar-refractivity contribution in [3.05, 3.63) is 52.6 Å². The summed E-state index contributed by atoms with van der Waals surface area (Å²) < 4.78 is 14.1. The molecule has 0 spiro atoms. The van der Waals surface area contributed by atoms with E-state index in [2.05, 4.69) is 17.1 Å². The number of β-lactam (4-membered cyclic amide) rings is 1. The van der Waals surface area contributed by atoms with Gasteiger partial charge in [0.2, 0.25) is 5.91 Å². The summed E-state index contributed by atoms with van der Waals surface area (Å²) in [6.45, 7) is 2.67. The molecule has 1 amide bonds. The lowest BCUT2D eigenvalue weighted by Gasteiger charge is -2.31. The van der Waals surface area contributed by atoms with Crippen molar-refractivity contribution < 1.29 is 9.18 Å². The van der Waals surface area contributed by atoms with Gasteiger partial charge < -0.3 is 4.90 Å². The number of carbonyl (C=O) groups is 1. The highest BCUT2D eigenvalue weighted by Gasteiger charge is 2.28. The van der Waals surface area contributed by atoms with Crippen LogP contribution >= 0.6 is 0 Å². The molecule has 1 aromatic heterocycles. The summed E-state index contributed by atoms with van der Waals surface area (Å²) in [6.07, 6.45) is 6.83. The van der Waals surface area contributed by atoms with E-state index in [9.17, 15) is 9.18 Å². The number of hydrogen-bond donors (Lipinski definition) is 0. The number of nitrogens with zero attached hydrogens (tertiary/aromatic N) is 3. The van der Waals surface area contributed by atoms with E-state index in [1.54, 1.807) is 12.1 Å². The predicted octanol–water partition coefficient (Wildman–Crippen LogP) is 3.38. The van der Waals surface area contributed by atoms with Crippen LogP contribution in [0, 0.1) is 5.82 Å². The number of amides is 1. The van der Waals surface area contributed by atoms with Gasteiger partial charge in [0, 0.05) is 18.9 Å². The fraction of sp³-hybridized carbons (Fsp3) is 0.421. The van der Waals surface area contributed by atoms with Crippen molar-refractivity contribution in [1.29, 1.82) is 0 Å². The van der Waals surface area contributed by atoms with Gasteiger partial charge in [0.15, 0.2) is 0 Å². The molecule has 0 N–H and O–H groups in total. The number of carbonyl (C=O) groups excluding carboxylic acids is 1. The van der Waals surface area contributed by atoms with E-state index in [0.717, 1.165) is 24.1 Å². The molecule has 0 radical (unpaired) electrons. The number of benzene rings is 1. The highest BCUT2D eigenvalue weighted by molar-refractivity contribution is 5.99. The molecule has 2 heterocycles. The zero-order chi connectivity index (χ0) is 16.7. The van der Waals surface area contributed by atoms with Gasteiger partial charge in [0.05, 0.1) is 17.6 Å². The van der Waals surface area contributed by atoms with E-state index in [4.69, 9.17) is 0 Å². The lowest BCUT2D eigenvalue weighted by Crippen LogP contribution is -2.44. The second-order valence-electron chi connectivity index (χ2n) is 6.67. The van der Waals surface area contributed by atoms with Gasteiger partial charge in [-0.2, -0.15) is 10.2 Å². The molecule has 0 saturated carbocycles. The normalized spacial score (nSPS) is 18.1. The van der Waals surface area contributed by atoms with Crippen LogP contribution in [0.2, 0.25) is 0 Å². The van der Waals surface area contributed by atoms with Crippen LogP contribution in [0.15, 0.2) is 24.4 Å². The van der Waals surface area contributed by atoms with Crippen LogP contribution in [0.5, 0.6) is 0 Å². The minimum absolute atomic E-state index is 0.0180. The summed E-state index contributed by atoms with van der Waals surface area (Å²) in [4.78, 5) is 13.2. The maximum Gasteiger partial charge on any atom is 0.228 e. The first kappa shape index (κ1) is 15.2. The summed E-state index contributed by atoms with van der Waals surface area (Å²) in [5.74, 6) is -0.336. The van der Waals surface area contributed by atoms with Crippen molar-refractivity contribution in [2.75, 3.05) is 11.4 Å². The Bertz CT molecular complexity index is 805. The molecule has 24 heavy (non-hydrogen) atoms. The van der Waals surface area contributed by atoms with Gasteiger partial charge in [-0.1, -0.05) is 13.0 Å². The molecule has 1 saturated heterocycles. The smallest absolute Gasteiger partial charge is 0.228 e. The van der Waals surface area contributed by atoms with Crippen molar-refractivity contribution >= 4 is 11.6 Å². The first-order valence-electron chi connectivity index (χ1n) is 8.58. The maximum absolute atomic E-state index is 14.1. The SMILES string of the molecule is CC(c1ccc(F)c(N2CCC2=O)c1)c1nncc2c1CCCC2. The van der Waals surface area contributed by atoms with Gasteiger partial charge in [0.25, 0.3) is 0 Å². The van der Waals surface area contributed by atoms with Gasteiger partial charge in [-0.15, -0.1) is 0 Å². The Hall–Kier alpha value is -2.30. The van der Waals surface area contributed by atoms with Gasteiger partial charge in [0.1, 0.15) is 5.82 Å². The number of fused-ring (bicyclic) bond motifs is 1. The molecule has 1 fully saturated rings. The second kappa shape index (κ2) is 5.96. The minimum atomic E-state index is -0.347. The van der Waals surface area contributed by atoms with E-state index in [1.165, 1.54) is 34.9 Å². The van der Waals surface area contributed by atoms with Crippen LogP contribution in [-0.4, -0.2) is 22.6 Å². The maximum atomic E-state index is 14.1. The number of hydrogen-bond acceptors (Lipinski definition) is 3. The van der Waals surface area contributed by atoms with E-state index >= 15 is 0 Å². The third-order valence-electron chi connectivity index (χ3n) is 5.22. The molecule has 2 aliphatic rings. The van der Waals surface area contributed by atoms with Gasteiger partial charge in [-0.3, -0.25) is 4.79 Å². The molecule has 4 nitrogen and oxygen atoms in total. The number of rotatable bonds is 3. The average molecular weight is 325 g/mol. The molecule has 1 aliphatic heterocycles. The number of anilines is 1. The fourth-order valence-electron chi connectivity index (χ4n) is 3.67. The van der Waals surface area contributed by atoms with Crippen LogP contribution in [0.25, 0.3) is 0 Å². The predicted molar refractivity (Wildman–Crippen MR) is 89.6 cm³/mol. The van der Waals surface area contributed by atoms with Crippen molar-refractivity contribution in [2.24, 2.45) is 0 Å². The highest BCUT2D eigenvalue weighted by Crippen LogP contribution is 2.34. The van der Waals surface area contributed by atoms with Crippen molar-refractivity contribution in [2.45, 2.75) is 44.9 Å². The van der Waals surface area contributed by atoms with Crippen LogP contribution in [0.4, 0.5) is 10.1 Å². The summed E-state index contributed by atoms with van der Waals surface area (Å²) in [5.41, 5.74) is 4.93. The van der Waals surface area contributed by atoms with Crippen LogP contribution in [0.3, 0.4) is 0 Å². The summed E-state index contributed by atoms with van der Waals surface area (Å²) in [7, 11) is 0. The summed E-state index contributed by atoms with van der Waals surface area (Å²) >= 11 is 0. The molecule has 2 aromatic rings. The standard InChI is InChI=1S/C19H20FN3O/c1-12(19-15-5-3-2-4-14(15)11-21-22-19)13-6-7-16(20)17(10-13)23-9-8-18(23)24/h6-7,10-12H,2-5,8-9H2,1H3. The third kappa shape index (κ3) is 2.48. The topological polar surface area (TPSA) is 46.1 Å². The molecule has 4 rings (SSSR count). The van der Waals surface area contributed by atoms with E-state index in [1.807, 2.05) is 6.20 Å². The molecule has 1 atom stereocenters. The number of aryl methyl sites for hydroxylation is 1. The highest BCUT2D eigenvalue weighted by atomic mass is 19.1. The molecular formula is C19H20FN3O. The van der Waals surface area contributed by atoms with E-state index < -0.39 is 0 Å². The second-order valence-corrected chi connectivity index (χ2v) is 6.67. The van der Waals surface area contributed by atoms with Gasteiger partial charge in [-0.05, 0) is 54.5 Å². The summed E-state index contributed by atoms with van der Waals surface area (Å²) in [5, 5.41) is 8.56. The van der Waals surface area contributed by atoms with Gasteiger partial charge in [-0.25, -0.2) is 4.39 Å². The molecule has 1 unspecified atom stereocenters. The first-order chi connectivity index (χ1) is 11.6.